The summed E-state index contributed by atoms with van der Waals surface area (Å²) in [7, 11) is 1.90. The molecule has 1 heterocycles. The third-order valence-electron chi connectivity index (χ3n) is 3.12. The molecule has 0 spiro atoms. The highest BCUT2D eigenvalue weighted by atomic mass is 15.1. The summed E-state index contributed by atoms with van der Waals surface area (Å²) in [6.45, 7) is 6.57. The largest absolute Gasteiger partial charge is 0.373 e. The van der Waals surface area contributed by atoms with Crippen molar-refractivity contribution in [2.45, 2.75) is 45.1 Å². The van der Waals surface area contributed by atoms with Gasteiger partial charge in [-0.15, -0.1) is 0 Å². The van der Waals surface area contributed by atoms with Gasteiger partial charge in [-0.05, 0) is 25.7 Å². The van der Waals surface area contributed by atoms with Gasteiger partial charge in [-0.25, -0.2) is 9.97 Å². The van der Waals surface area contributed by atoms with E-state index in [0.717, 1.165) is 11.6 Å². The topological polar surface area (TPSA) is 49.8 Å². The monoisotopic (exact) mass is 220 g/mol. The van der Waals surface area contributed by atoms with E-state index < -0.39 is 0 Å². The minimum atomic E-state index is 0.253. The molecule has 4 heteroatoms. The minimum absolute atomic E-state index is 0.253. The third kappa shape index (κ3) is 2.10. The molecule has 1 aliphatic rings. The Labute approximate surface area is 96.9 Å². The Morgan fingerprint density at radius 1 is 1.25 bits per heavy atom. The van der Waals surface area contributed by atoms with Gasteiger partial charge in [0, 0.05) is 18.2 Å². The molecular formula is C12H20N4. The van der Waals surface area contributed by atoms with Crippen molar-refractivity contribution in [3.63, 3.8) is 0 Å². The van der Waals surface area contributed by atoms with Crippen molar-refractivity contribution in [2.75, 3.05) is 17.7 Å². The normalized spacial score (nSPS) is 17.3. The highest BCUT2D eigenvalue weighted by molar-refractivity contribution is 5.60. The van der Waals surface area contributed by atoms with Crippen LogP contribution >= 0.6 is 0 Å². The van der Waals surface area contributed by atoms with Crippen LogP contribution in [0.4, 0.5) is 11.6 Å². The van der Waals surface area contributed by atoms with Gasteiger partial charge in [0.15, 0.2) is 0 Å². The fraction of sp³-hybridized carbons (Fsp3) is 0.667. The van der Waals surface area contributed by atoms with Gasteiger partial charge < -0.3 is 10.6 Å². The highest BCUT2D eigenvalue weighted by Gasteiger charge is 2.38. The Bertz CT molecular complexity index is 383. The molecule has 4 nitrogen and oxygen atoms in total. The van der Waals surface area contributed by atoms with Crippen molar-refractivity contribution in [1.29, 1.82) is 0 Å². The average molecular weight is 220 g/mol. The van der Waals surface area contributed by atoms with Crippen LogP contribution in [-0.2, 0) is 0 Å². The molecule has 0 saturated heterocycles. The van der Waals surface area contributed by atoms with E-state index in [1.165, 1.54) is 18.4 Å². The van der Waals surface area contributed by atoms with Gasteiger partial charge in [0.2, 0.25) is 0 Å². The molecule has 0 atom stereocenters. The highest BCUT2D eigenvalue weighted by Crippen LogP contribution is 2.40. The molecule has 16 heavy (non-hydrogen) atoms. The van der Waals surface area contributed by atoms with Crippen molar-refractivity contribution >= 4 is 11.6 Å². The summed E-state index contributed by atoms with van der Waals surface area (Å²) in [4.78, 5) is 8.64. The summed E-state index contributed by atoms with van der Waals surface area (Å²) < 4.78 is 0. The number of hydrogen-bond donors (Lipinski definition) is 2. The van der Waals surface area contributed by atoms with Crippen LogP contribution in [0.2, 0.25) is 0 Å². The van der Waals surface area contributed by atoms with Gasteiger partial charge in [0.25, 0.3) is 0 Å². The van der Waals surface area contributed by atoms with Crippen LogP contribution in [0.1, 0.15) is 45.1 Å². The van der Waals surface area contributed by atoms with Gasteiger partial charge >= 0.3 is 0 Å². The molecule has 0 amide bonds. The molecule has 0 unspecified atom stereocenters. The summed E-state index contributed by atoms with van der Waals surface area (Å²) in [5.41, 5.74) is 1.43. The molecule has 88 valence electrons. The Balaban J connectivity index is 2.35. The van der Waals surface area contributed by atoms with Crippen molar-refractivity contribution in [3.05, 3.63) is 11.9 Å². The van der Waals surface area contributed by atoms with E-state index in [4.69, 9.17) is 0 Å². The second-order valence-corrected chi connectivity index (χ2v) is 5.07. The number of rotatable bonds is 4. The van der Waals surface area contributed by atoms with Crippen LogP contribution in [0.25, 0.3) is 0 Å². The maximum Gasteiger partial charge on any atom is 0.135 e. The fourth-order valence-electron chi connectivity index (χ4n) is 1.84. The second-order valence-electron chi connectivity index (χ2n) is 5.07. The van der Waals surface area contributed by atoms with Crippen molar-refractivity contribution in [2.24, 2.45) is 0 Å². The van der Waals surface area contributed by atoms with Crippen molar-refractivity contribution < 1.29 is 0 Å². The van der Waals surface area contributed by atoms with Crippen LogP contribution in [0.5, 0.6) is 0 Å². The van der Waals surface area contributed by atoms with Crippen LogP contribution in [0, 0.1) is 0 Å². The first-order valence-electron chi connectivity index (χ1n) is 5.86. The molecule has 1 fully saturated rings. The Morgan fingerprint density at radius 3 is 2.38 bits per heavy atom. The Kier molecular flexibility index (Phi) is 2.74. The van der Waals surface area contributed by atoms with E-state index in [9.17, 15) is 0 Å². The summed E-state index contributed by atoms with van der Waals surface area (Å²) in [5.74, 6) is 2.32. The summed E-state index contributed by atoms with van der Waals surface area (Å²) in [6, 6.07) is 0. The SMILES string of the molecule is CNc1ncnc(NC2(C)CC2)c1C(C)C. The summed E-state index contributed by atoms with van der Waals surface area (Å²) >= 11 is 0. The van der Waals surface area contributed by atoms with Crippen LogP contribution in [0.15, 0.2) is 6.33 Å². The lowest BCUT2D eigenvalue weighted by atomic mass is 10.0. The smallest absolute Gasteiger partial charge is 0.135 e. The maximum absolute atomic E-state index is 4.37. The first-order chi connectivity index (χ1) is 7.56. The number of aromatic nitrogens is 2. The van der Waals surface area contributed by atoms with Crippen molar-refractivity contribution in [3.8, 4) is 0 Å². The molecular weight excluding hydrogens is 200 g/mol. The Morgan fingerprint density at radius 2 is 1.88 bits per heavy atom. The summed E-state index contributed by atoms with van der Waals surface area (Å²) in [5, 5.41) is 6.66. The maximum atomic E-state index is 4.37. The first kappa shape index (κ1) is 11.2. The lowest BCUT2D eigenvalue weighted by Crippen LogP contribution is -2.19. The Hall–Kier alpha value is -1.32. The minimum Gasteiger partial charge on any atom is -0.373 e. The molecule has 2 rings (SSSR count). The van der Waals surface area contributed by atoms with Crippen molar-refractivity contribution in [1.82, 2.24) is 9.97 Å². The van der Waals surface area contributed by atoms with E-state index >= 15 is 0 Å². The van der Waals surface area contributed by atoms with E-state index in [1.54, 1.807) is 6.33 Å². The van der Waals surface area contributed by atoms with Crippen LogP contribution < -0.4 is 10.6 Å². The zero-order valence-electron chi connectivity index (χ0n) is 10.5. The average Bonchev–Trinajstić information content (AvgIpc) is 2.95. The standard InChI is InChI=1S/C12H20N4/c1-8(2)9-10(13-4)14-7-15-11(9)16-12(3)5-6-12/h7-8H,5-6H2,1-4H3,(H2,13,14,15,16). The molecule has 1 saturated carbocycles. The molecule has 2 N–H and O–H groups in total. The van der Waals surface area contributed by atoms with Crippen LogP contribution in [0.3, 0.4) is 0 Å². The second kappa shape index (κ2) is 3.92. The summed E-state index contributed by atoms with van der Waals surface area (Å²) in [6.07, 6.45) is 4.07. The van der Waals surface area contributed by atoms with Gasteiger partial charge in [-0.1, -0.05) is 13.8 Å². The number of nitrogens with one attached hydrogen (secondary N) is 2. The predicted octanol–water partition coefficient (Wildman–Crippen LogP) is 2.61. The van der Waals surface area contributed by atoms with E-state index in [2.05, 4.69) is 41.4 Å². The van der Waals surface area contributed by atoms with E-state index in [0.29, 0.717) is 5.92 Å². The van der Waals surface area contributed by atoms with Gasteiger partial charge in [-0.3, -0.25) is 0 Å². The quantitative estimate of drug-likeness (QED) is 0.819. The van der Waals surface area contributed by atoms with Gasteiger partial charge in [-0.2, -0.15) is 0 Å². The van der Waals surface area contributed by atoms with Gasteiger partial charge in [0.05, 0.1) is 0 Å². The zero-order chi connectivity index (χ0) is 11.8. The molecule has 1 aliphatic carbocycles. The van der Waals surface area contributed by atoms with Crippen LogP contribution in [-0.4, -0.2) is 22.6 Å². The predicted molar refractivity (Wildman–Crippen MR) is 66.9 cm³/mol. The molecule has 1 aromatic heterocycles. The molecule has 0 aliphatic heterocycles. The van der Waals surface area contributed by atoms with Gasteiger partial charge in [0.1, 0.15) is 18.0 Å². The number of hydrogen-bond acceptors (Lipinski definition) is 4. The first-order valence-corrected chi connectivity index (χ1v) is 5.86. The van der Waals surface area contributed by atoms with E-state index in [-0.39, 0.29) is 5.54 Å². The zero-order valence-corrected chi connectivity index (χ0v) is 10.5. The lowest BCUT2D eigenvalue weighted by Gasteiger charge is -2.19. The molecule has 1 aromatic rings. The molecule has 0 bridgehead atoms. The number of nitrogens with zero attached hydrogens (tertiary/aromatic N) is 2. The lowest BCUT2D eigenvalue weighted by molar-refractivity contribution is 0.793. The molecule has 0 aromatic carbocycles. The number of anilines is 2. The third-order valence-corrected chi connectivity index (χ3v) is 3.12. The molecule has 0 radical (unpaired) electrons. The van der Waals surface area contributed by atoms with E-state index in [1.807, 2.05) is 7.05 Å². The fourth-order valence-corrected chi connectivity index (χ4v) is 1.84.